The number of hydrogen-bond acceptors (Lipinski definition) is 5. The first-order chi connectivity index (χ1) is 13.2. The number of nitrogens with zero attached hydrogens (tertiary/aromatic N) is 5. The predicted molar refractivity (Wildman–Crippen MR) is 105 cm³/mol. The molecule has 9 nitrogen and oxygen atoms in total. The normalized spacial score (nSPS) is 24.3. The maximum absolute atomic E-state index is 12.9. The summed E-state index contributed by atoms with van der Waals surface area (Å²) in [6.45, 7) is 7.15. The van der Waals surface area contributed by atoms with Crippen LogP contribution in [0.25, 0.3) is 0 Å². The van der Waals surface area contributed by atoms with Crippen LogP contribution in [0, 0.1) is 11.8 Å². The number of primary amides is 1. The Bertz CT molecular complexity index is 736. The van der Waals surface area contributed by atoms with Crippen molar-refractivity contribution in [2.45, 2.75) is 39.2 Å². The molecule has 0 saturated carbocycles. The molecule has 28 heavy (non-hydrogen) atoms. The lowest BCUT2D eigenvalue weighted by Crippen LogP contribution is -2.61. The molecular weight excluding hydrogens is 360 g/mol. The molecule has 0 bridgehead atoms. The van der Waals surface area contributed by atoms with Crippen LogP contribution in [0.5, 0.6) is 0 Å². The first kappa shape index (κ1) is 20.4. The van der Waals surface area contributed by atoms with Gasteiger partial charge in [0.1, 0.15) is 6.54 Å². The molecule has 3 aliphatic rings. The van der Waals surface area contributed by atoms with Gasteiger partial charge in [-0.1, -0.05) is 13.8 Å². The van der Waals surface area contributed by atoms with E-state index in [0.29, 0.717) is 24.8 Å². The molecule has 0 spiro atoms. The third-order valence-electron chi connectivity index (χ3n) is 5.92. The minimum absolute atomic E-state index is 0.0604. The topological polar surface area (TPSA) is 102 Å². The number of fused-ring (bicyclic) bond motifs is 1. The third-order valence-corrected chi connectivity index (χ3v) is 5.92. The zero-order valence-electron chi connectivity index (χ0n) is 17.2. The van der Waals surface area contributed by atoms with Gasteiger partial charge in [0.05, 0.1) is 6.54 Å². The van der Waals surface area contributed by atoms with Crippen molar-refractivity contribution in [1.82, 2.24) is 14.7 Å². The number of piperidine rings is 1. The number of rotatable bonds is 6. The van der Waals surface area contributed by atoms with Crippen molar-refractivity contribution in [2.75, 3.05) is 40.3 Å². The van der Waals surface area contributed by atoms with Crippen LogP contribution in [0.4, 0.5) is 4.79 Å². The summed E-state index contributed by atoms with van der Waals surface area (Å²) >= 11 is 0. The Morgan fingerprint density at radius 1 is 1.21 bits per heavy atom. The highest BCUT2D eigenvalue weighted by Gasteiger charge is 2.53. The molecule has 3 heterocycles. The Balaban J connectivity index is 1.83. The molecule has 2 fully saturated rings. The van der Waals surface area contributed by atoms with Gasteiger partial charge in [0, 0.05) is 20.0 Å². The standard InChI is InChI=1S/C19H30N6O3/c1-12(2)5-10-25-14(11-24-8-6-13(7-9-24)16(20)26)21-17-15(25)18(27)23(4)19(28)22(17)3/h12-13,15H,5-11H2,1-4H3,(H-,20,26)/p+1. The van der Waals surface area contributed by atoms with E-state index in [1.165, 1.54) is 16.8 Å². The minimum Gasteiger partial charge on any atom is -0.369 e. The van der Waals surface area contributed by atoms with Crippen molar-refractivity contribution in [3.8, 4) is 0 Å². The molecule has 1 unspecified atom stereocenters. The van der Waals surface area contributed by atoms with Crippen molar-refractivity contribution in [3.63, 3.8) is 0 Å². The fraction of sp³-hybridized carbons (Fsp3) is 0.737. The van der Waals surface area contributed by atoms with Gasteiger partial charge in [-0.2, -0.15) is 0 Å². The van der Waals surface area contributed by atoms with Crippen molar-refractivity contribution < 1.29 is 19.0 Å². The van der Waals surface area contributed by atoms with Gasteiger partial charge in [0.25, 0.3) is 17.8 Å². The Labute approximate surface area is 165 Å². The highest BCUT2D eigenvalue weighted by Crippen LogP contribution is 2.22. The monoisotopic (exact) mass is 391 g/mol. The zero-order valence-corrected chi connectivity index (χ0v) is 17.2. The number of imide groups is 1. The number of hydrogen-bond donors (Lipinski definition) is 1. The van der Waals surface area contributed by atoms with Crippen molar-refractivity contribution in [3.05, 3.63) is 0 Å². The Morgan fingerprint density at radius 2 is 1.86 bits per heavy atom. The van der Waals surface area contributed by atoms with Crippen molar-refractivity contribution in [1.29, 1.82) is 0 Å². The SMILES string of the molecule is CC(C)CC[N+]1=C(CN2CCC(C(N)=O)CC2)N=C2C1C(=O)N(C)C(=O)N2C. The fourth-order valence-corrected chi connectivity index (χ4v) is 4.01. The van der Waals surface area contributed by atoms with Gasteiger partial charge in [-0.25, -0.2) is 9.37 Å². The number of likely N-dealkylation sites (N-methyl/N-ethyl adjacent to an activating group) is 2. The number of carbonyl (C=O) groups excluding carboxylic acids is 3. The molecule has 3 rings (SSSR count). The summed E-state index contributed by atoms with van der Waals surface area (Å²) in [5, 5.41) is 0. The minimum atomic E-state index is -0.537. The molecule has 154 valence electrons. The molecule has 0 aromatic heterocycles. The van der Waals surface area contributed by atoms with Crippen LogP contribution < -0.4 is 5.73 Å². The van der Waals surface area contributed by atoms with Crippen LogP contribution in [0.1, 0.15) is 33.1 Å². The fourth-order valence-electron chi connectivity index (χ4n) is 4.01. The number of carbonyl (C=O) groups is 3. The lowest BCUT2D eigenvalue weighted by molar-refractivity contribution is -0.537. The number of amidine groups is 2. The summed E-state index contributed by atoms with van der Waals surface area (Å²) in [6, 6.07) is -0.892. The molecular formula is C19H31N6O3+. The summed E-state index contributed by atoms with van der Waals surface area (Å²) in [5.41, 5.74) is 5.43. The second kappa shape index (κ2) is 7.98. The lowest BCUT2D eigenvalue weighted by atomic mass is 9.96. The van der Waals surface area contributed by atoms with E-state index in [-0.39, 0.29) is 23.8 Å². The number of likely N-dealkylation sites (tertiary alicyclic amines) is 1. The highest BCUT2D eigenvalue weighted by atomic mass is 16.2. The van der Waals surface area contributed by atoms with Gasteiger partial charge in [-0.3, -0.25) is 24.3 Å². The average molecular weight is 391 g/mol. The first-order valence-corrected chi connectivity index (χ1v) is 9.98. The van der Waals surface area contributed by atoms with E-state index < -0.39 is 6.04 Å². The maximum Gasteiger partial charge on any atom is 0.333 e. The highest BCUT2D eigenvalue weighted by molar-refractivity contribution is 6.23. The van der Waals surface area contributed by atoms with E-state index in [0.717, 1.165) is 38.2 Å². The van der Waals surface area contributed by atoms with Crippen molar-refractivity contribution >= 4 is 29.5 Å². The molecule has 2 N–H and O–H groups in total. The van der Waals surface area contributed by atoms with Gasteiger partial charge in [0.2, 0.25) is 5.91 Å². The molecule has 1 atom stereocenters. The predicted octanol–water partition coefficient (Wildman–Crippen LogP) is -0.0547. The average Bonchev–Trinajstić information content (AvgIpc) is 3.01. The summed E-state index contributed by atoms with van der Waals surface area (Å²) in [5.74, 6) is 1.31. The summed E-state index contributed by atoms with van der Waals surface area (Å²) < 4.78 is 2.05. The van der Waals surface area contributed by atoms with E-state index in [1.54, 1.807) is 7.05 Å². The van der Waals surface area contributed by atoms with Crippen LogP contribution >= 0.6 is 0 Å². The summed E-state index contributed by atoms with van der Waals surface area (Å²) in [4.78, 5) is 46.2. The Hall–Kier alpha value is -2.29. The molecule has 2 saturated heterocycles. The third kappa shape index (κ3) is 3.80. The van der Waals surface area contributed by atoms with Crippen LogP contribution in [0.3, 0.4) is 0 Å². The second-order valence-electron chi connectivity index (χ2n) is 8.36. The van der Waals surface area contributed by atoms with Gasteiger partial charge < -0.3 is 5.73 Å². The zero-order chi connectivity index (χ0) is 20.6. The van der Waals surface area contributed by atoms with Gasteiger partial charge >= 0.3 is 11.9 Å². The summed E-state index contributed by atoms with van der Waals surface area (Å²) in [7, 11) is 3.18. The van der Waals surface area contributed by atoms with E-state index >= 15 is 0 Å². The number of urea groups is 1. The van der Waals surface area contributed by atoms with Gasteiger partial charge in [-0.15, -0.1) is 0 Å². The van der Waals surface area contributed by atoms with E-state index in [1.807, 2.05) is 0 Å². The largest absolute Gasteiger partial charge is 0.369 e. The van der Waals surface area contributed by atoms with Gasteiger partial charge in [0.15, 0.2) is 0 Å². The lowest BCUT2D eigenvalue weighted by Gasteiger charge is -2.31. The van der Waals surface area contributed by atoms with Crippen LogP contribution in [0.2, 0.25) is 0 Å². The Morgan fingerprint density at radius 3 is 2.43 bits per heavy atom. The molecule has 0 aliphatic carbocycles. The quantitative estimate of drug-likeness (QED) is 0.641. The number of amides is 4. The smallest absolute Gasteiger partial charge is 0.333 e. The summed E-state index contributed by atoms with van der Waals surface area (Å²) in [6.07, 6.45) is 2.42. The van der Waals surface area contributed by atoms with E-state index in [2.05, 4.69) is 23.3 Å². The first-order valence-electron chi connectivity index (χ1n) is 9.98. The molecule has 0 aromatic rings. The molecule has 0 aromatic carbocycles. The number of nitrogens with two attached hydrogens (primary N) is 1. The van der Waals surface area contributed by atoms with Gasteiger partial charge in [-0.05, 0) is 43.3 Å². The second-order valence-corrected chi connectivity index (χ2v) is 8.36. The molecule has 4 amide bonds. The van der Waals surface area contributed by atoms with E-state index in [9.17, 15) is 14.4 Å². The van der Waals surface area contributed by atoms with Crippen molar-refractivity contribution in [2.24, 2.45) is 22.6 Å². The number of aliphatic imine (C=N–C) groups is 1. The van der Waals surface area contributed by atoms with Crippen LogP contribution in [-0.2, 0) is 9.59 Å². The van der Waals surface area contributed by atoms with Crippen LogP contribution in [-0.4, -0.2) is 95.1 Å². The van der Waals surface area contributed by atoms with Crippen LogP contribution in [0.15, 0.2) is 4.99 Å². The molecule has 0 radical (unpaired) electrons. The molecule has 3 aliphatic heterocycles. The van der Waals surface area contributed by atoms with E-state index in [4.69, 9.17) is 10.7 Å². The molecule has 9 heteroatoms. The Kier molecular flexibility index (Phi) is 5.83. The maximum atomic E-state index is 12.9.